The summed E-state index contributed by atoms with van der Waals surface area (Å²) in [6.45, 7) is 0. The molecular formula is C36H24N4O. The van der Waals surface area contributed by atoms with Gasteiger partial charge in [-0.2, -0.15) is 0 Å². The van der Waals surface area contributed by atoms with Crippen molar-refractivity contribution in [3.63, 3.8) is 0 Å². The van der Waals surface area contributed by atoms with Gasteiger partial charge in [-0.05, 0) is 48.2 Å². The van der Waals surface area contributed by atoms with E-state index in [1.807, 2.05) is 78.9 Å². The third kappa shape index (κ3) is 4.19. The summed E-state index contributed by atoms with van der Waals surface area (Å²) in [4.78, 5) is 20.1. The van der Waals surface area contributed by atoms with Crippen LogP contribution in [0.2, 0.25) is 0 Å². The van der Waals surface area contributed by atoms with Gasteiger partial charge in [-0.3, -0.25) is 0 Å². The Morgan fingerprint density at radius 2 is 1.24 bits per heavy atom. The van der Waals surface area contributed by atoms with Crippen molar-refractivity contribution in [2.24, 2.45) is 0 Å². The highest BCUT2D eigenvalue weighted by atomic mass is 16.3. The van der Waals surface area contributed by atoms with E-state index in [2.05, 4.69) is 42.5 Å². The molecular weight excluding hydrogens is 504 g/mol. The average Bonchev–Trinajstić information content (AvgIpc) is 3.41. The molecule has 1 aliphatic rings. The topological polar surface area (TPSA) is 64.7 Å². The van der Waals surface area contributed by atoms with Crippen LogP contribution in [0.5, 0.6) is 0 Å². The number of pyridine rings is 1. The van der Waals surface area contributed by atoms with Gasteiger partial charge in [-0.25, -0.2) is 19.9 Å². The van der Waals surface area contributed by atoms with Gasteiger partial charge >= 0.3 is 0 Å². The van der Waals surface area contributed by atoms with Crippen LogP contribution in [0, 0.1) is 0 Å². The van der Waals surface area contributed by atoms with E-state index in [1.165, 1.54) is 5.57 Å². The van der Waals surface area contributed by atoms with Crippen LogP contribution in [0.15, 0.2) is 126 Å². The molecule has 0 saturated carbocycles. The van der Waals surface area contributed by atoms with Crippen molar-refractivity contribution in [1.29, 1.82) is 0 Å². The Morgan fingerprint density at radius 3 is 1.95 bits per heavy atom. The molecule has 7 aromatic rings. The molecule has 0 amide bonds. The SMILES string of the molecule is C1=CC(c2cc(-c3nc(-c4ccccc4)nc(-c4ccccc4)n3)c3c(c2)oc2cc4ccccc4nc23)=CCC1. The van der Waals surface area contributed by atoms with Crippen LogP contribution in [0.25, 0.3) is 72.7 Å². The molecule has 41 heavy (non-hydrogen) atoms. The molecule has 0 fully saturated rings. The predicted octanol–water partition coefficient (Wildman–Crippen LogP) is 9.05. The summed E-state index contributed by atoms with van der Waals surface area (Å²) in [5.41, 5.74) is 8.19. The van der Waals surface area contributed by atoms with E-state index in [0.717, 1.165) is 68.1 Å². The minimum absolute atomic E-state index is 0.586. The normalized spacial score (nSPS) is 13.2. The molecule has 5 nitrogen and oxygen atoms in total. The maximum Gasteiger partial charge on any atom is 0.164 e. The van der Waals surface area contributed by atoms with E-state index >= 15 is 0 Å². The summed E-state index contributed by atoms with van der Waals surface area (Å²) in [6.07, 6.45) is 8.73. The Labute approximate surface area is 236 Å². The maximum atomic E-state index is 6.50. The van der Waals surface area contributed by atoms with Crippen molar-refractivity contribution >= 4 is 38.5 Å². The number of hydrogen-bond acceptors (Lipinski definition) is 5. The third-order valence-electron chi connectivity index (χ3n) is 7.52. The molecule has 0 saturated heterocycles. The first-order chi connectivity index (χ1) is 20.3. The van der Waals surface area contributed by atoms with E-state index in [9.17, 15) is 0 Å². The zero-order valence-corrected chi connectivity index (χ0v) is 22.2. The lowest BCUT2D eigenvalue weighted by atomic mass is 9.95. The fourth-order valence-electron chi connectivity index (χ4n) is 5.51. The number of hydrogen-bond donors (Lipinski definition) is 0. The van der Waals surface area contributed by atoms with E-state index in [1.54, 1.807) is 0 Å². The van der Waals surface area contributed by atoms with Crippen LogP contribution in [0.1, 0.15) is 18.4 Å². The number of nitrogens with zero attached hydrogens (tertiary/aromatic N) is 4. The van der Waals surface area contributed by atoms with Crippen LogP contribution in [0.3, 0.4) is 0 Å². The highest BCUT2D eigenvalue weighted by Crippen LogP contribution is 2.39. The molecule has 194 valence electrons. The highest BCUT2D eigenvalue weighted by molar-refractivity contribution is 6.13. The molecule has 0 bridgehead atoms. The van der Waals surface area contributed by atoms with Crippen molar-refractivity contribution in [2.75, 3.05) is 0 Å². The molecule has 0 radical (unpaired) electrons. The Bertz CT molecular complexity index is 2090. The number of benzene rings is 4. The number of furan rings is 1. The van der Waals surface area contributed by atoms with Crippen molar-refractivity contribution in [1.82, 2.24) is 19.9 Å². The Balaban J connectivity index is 1.46. The van der Waals surface area contributed by atoms with Crippen LogP contribution < -0.4 is 0 Å². The fraction of sp³-hybridized carbons (Fsp3) is 0.0556. The second kappa shape index (κ2) is 9.65. The maximum absolute atomic E-state index is 6.50. The summed E-state index contributed by atoms with van der Waals surface area (Å²) < 4.78 is 6.50. The summed E-state index contributed by atoms with van der Waals surface area (Å²) in [7, 11) is 0. The second-order valence-electron chi connectivity index (χ2n) is 10.2. The summed E-state index contributed by atoms with van der Waals surface area (Å²) in [5, 5.41) is 1.94. The third-order valence-corrected chi connectivity index (χ3v) is 7.52. The molecule has 8 rings (SSSR count). The first-order valence-corrected chi connectivity index (χ1v) is 13.8. The average molecular weight is 529 g/mol. The first-order valence-electron chi connectivity index (χ1n) is 13.8. The van der Waals surface area contributed by atoms with Crippen LogP contribution in [0.4, 0.5) is 0 Å². The Kier molecular flexibility index (Phi) is 5.52. The molecule has 3 heterocycles. The molecule has 0 atom stereocenters. The van der Waals surface area contributed by atoms with Crippen LogP contribution in [-0.2, 0) is 0 Å². The van der Waals surface area contributed by atoms with E-state index in [0.29, 0.717) is 17.5 Å². The van der Waals surface area contributed by atoms with Crippen molar-refractivity contribution in [3.05, 3.63) is 127 Å². The first kappa shape index (κ1) is 23.5. The minimum Gasteiger partial charge on any atom is -0.454 e. The van der Waals surface area contributed by atoms with Gasteiger partial charge in [0.15, 0.2) is 23.1 Å². The second-order valence-corrected chi connectivity index (χ2v) is 10.2. The van der Waals surface area contributed by atoms with Crippen LogP contribution >= 0.6 is 0 Å². The Hall–Kier alpha value is -5.42. The summed E-state index contributed by atoms with van der Waals surface area (Å²) in [6, 6.07) is 34.6. The molecule has 3 aromatic heterocycles. The van der Waals surface area contributed by atoms with Gasteiger partial charge in [0.2, 0.25) is 0 Å². The molecule has 4 aromatic carbocycles. The van der Waals surface area contributed by atoms with Gasteiger partial charge in [-0.15, -0.1) is 0 Å². The molecule has 1 aliphatic carbocycles. The molecule has 0 N–H and O–H groups in total. The lowest BCUT2D eigenvalue weighted by Gasteiger charge is -2.12. The monoisotopic (exact) mass is 528 g/mol. The number of para-hydroxylation sites is 1. The van der Waals surface area contributed by atoms with Gasteiger partial charge in [0.25, 0.3) is 0 Å². The van der Waals surface area contributed by atoms with Gasteiger partial charge in [-0.1, -0.05) is 97.1 Å². The van der Waals surface area contributed by atoms with Crippen molar-refractivity contribution in [3.8, 4) is 34.2 Å². The number of aromatic nitrogens is 4. The van der Waals surface area contributed by atoms with Crippen LogP contribution in [-0.4, -0.2) is 19.9 Å². The van der Waals surface area contributed by atoms with Gasteiger partial charge in [0, 0.05) is 22.1 Å². The van der Waals surface area contributed by atoms with Gasteiger partial charge in [0.1, 0.15) is 11.1 Å². The fourth-order valence-corrected chi connectivity index (χ4v) is 5.51. The van der Waals surface area contributed by atoms with E-state index < -0.39 is 0 Å². The highest BCUT2D eigenvalue weighted by Gasteiger charge is 2.21. The summed E-state index contributed by atoms with van der Waals surface area (Å²) >= 11 is 0. The van der Waals surface area contributed by atoms with Crippen molar-refractivity contribution in [2.45, 2.75) is 12.8 Å². The number of allylic oxidation sites excluding steroid dienone is 4. The lowest BCUT2D eigenvalue weighted by molar-refractivity contribution is 0.668. The predicted molar refractivity (Wildman–Crippen MR) is 165 cm³/mol. The van der Waals surface area contributed by atoms with E-state index in [4.69, 9.17) is 24.4 Å². The quantitative estimate of drug-likeness (QED) is 0.228. The van der Waals surface area contributed by atoms with Gasteiger partial charge in [0.05, 0.1) is 10.9 Å². The standard InChI is InChI=1S/C36H24N4O/c1-4-12-23(13-5-1)27-20-28(32-30(22-27)41-31-21-26-18-10-11-19-29(26)37-33(31)32)36-39-34(24-14-6-2-7-15-24)38-35(40-36)25-16-8-3-9-17-25/h2-4,6-22H,1,5H2. The largest absolute Gasteiger partial charge is 0.454 e. The molecule has 0 spiro atoms. The molecule has 0 aliphatic heterocycles. The molecule has 0 unspecified atom stereocenters. The number of rotatable bonds is 4. The van der Waals surface area contributed by atoms with E-state index in [-0.39, 0.29) is 0 Å². The van der Waals surface area contributed by atoms with Crippen molar-refractivity contribution < 1.29 is 4.42 Å². The number of fused-ring (bicyclic) bond motifs is 4. The lowest BCUT2D eigenvalue weighted by Crippen LogP contribution is -2.01. The zero-order valence-electron chi connectivity index (χ0n) is 22.2. The van der Waals surface area contributed by atoms with Gasteiger partial charge < -0.3 is 4.42 Å². The summed E-state index contributed by atoms with van der Waals surface area (Å²) in [5.74, 6) is 1.83. The smallest absolute Gasteiger partial charge is 0.164 e. The molecule has 5 heteroatoms. The Morgan fingerprint density at radius 1 is 0.561 bits per heavy atom. The minimum atomic E-state index is 0.586. The zero-order chi connectivity index (χ0) is 27.2.